The van der Waals surface area contributed by atoms with Crippen LogP contribution in [0.15, 0.2) is 11.6 Å². The van der Waals surface area contributed by atoms with Gasteiger partial charge >= 0.3 is 18.0 Å². The van der Waals surface area contributed by atoms with Crippen LogP contribution in [0, 0.1) is 28.6 Å². The van der Waals surface area contributed by atoms with Crippen LogP contribution in [0.1, 0.15) is 72.1 Å². The third-order valence-corrected chi connectivity index (χ3v) is 12.0. The van der Waals surface area contributed by atoms with E-state index in [0.717, 1.165) is 25.1 Å². The van der Waals surface area contributed by atoms with Crippen molar-refractivity contribution in [3.05, 3.63) is 11.6 Å². The molecule has 10 nitrogen and oxygen atoms in total. The van der Waals surface area contributed by atoms with Gasteiger partial charge in [0.1, 0.15) is 18.8 Å². The number of carbonyl (C=O) groups excluding carboxylic acids is 3. The number of carbonyl (C=O) groups is 3. The lowest BCUT2D eigenvalue weighted by Crippen LogP contribution is -2.67. The van der Waals surface area contributed by atoms with Gasteiger partial charge in [-0.25, -0.2) is 9.59 Å². The Labute approximate surface area is 235 Å². The topological polar surface area (TPSA) is 135 Å². The SMILES string of the molecule is CC(=O)O[C@H]1C[C@]2(O)[C@@H]3CC[C@]4(O)C[C@@H](OC(=O)N5CCNCC5)CC[C@]4(C)[C@H]3CC[C@]2(C)[C@H]1C1=CC(=O)OC1. The van der Waals surface area contributed by atoms with Gasteiger partial charge in [0, 0.05) is 63.4 Å². The highest BCUT2D eigenvalue weighted by atomic mass is 16.6. The minimum Gasteiger partial charge on any atom is -0.462 e. The molecule has 5 fully saturated rings. The largest absolute Gasteiger partial charge is 0.462 e. The molecule has 10 heteroatoms. The Morgan fingerprint density at radius 1 is 1.00 bits per heavy atom. The smallest absolute Gasteiger partial charge is 0.410 e. The summed E-state index contributed by atoms with van der Waals surface area (Å²) in [6.07, 6.45) is 5.09. The second-order valence-corrected chi connectivity index (χ2v) is 13.7. The van der Waals surface area contributed by atoms with Crippen molar-refractivity contribution in [2.24, 2.45) is 28.6 Å². The number of rotatable bonds is 3. The van der Waals surface area contributed by atoms with Gasteiger partial charge < -0.3 is 34.6 Å². The van der Waals surface area contributed by atoms with Crippen LogP contribution in [-0.2, 0) is 23.8 Å². The third kappa shape index (κ3) is 4.11. The van der Waals surface area contributed by atoms with E-state index in [-0.39, 0.29) is 36.6 Å². The molecule has 0 bridgehead atoms. The van der Waals surface area contributed by atoms with Crippen LogP contribution in [-0.4, -0.2) is 89.3 Å². The highest BCUT2D eigenvalue weighted by molar-refractivity contribution is 5.85. The van der Waals surface area contributed by atoms with Gasteiger partial charge in [-0.2, -0.15) is 0 Å². The van der Waals surface area contributed by atoms with Gasteiger partial charge in [0.2, 0.25) is 0 Å². The van der Waals surface area contributed by atoms with Gasteiger partial charge in [-0.15, -0.1) is 0 Å². The Hall–Kier alpha value is -2.17. The van der Waals surface area contributed by atoms with Crippen molar-refractivity contribution in [3.63, 3.8) is 0 Å². The number of nitrogens with zero attached hydrogens (tertiary/aromatic N) is 1. The summed E-state index contributed by atoms with van der Waals surface area (Å²) in [7, 11) is 0. The Bertz CT molecular complexity index is 1110. The second kappa shape index (κ2) is 9.70. The number of amides is 1. The molecule has 0 unspecified atom stereocenters. The molecule has 2 aliphatic heterocycles. The van der Waals surface area contributed by atoms with Crippen molar-refractivity contribution < 1.29 is 38.8 Å². The molecule has 40 heavy (non-hydrogen) atoms. The molecule has 6 rings (SSSR count). The van der Waals surface area contributed by atoms with E-state index in [2.05, 4.69) is 19.2 Å². The maximum Gasteiger partial charge on any atom is 0.410 e. The van der Waals surface area contributed by atoms with E-state index in [0.29, 0.717) is 58.0 Å². The van der Waals surface area contributed by atoms with Gasteiger partial charge in [0.25, 0.3) is 0 Å². The molecule has 0 aromatic heterocycles. The Balaban J connectivity index is 1.24. The van der Waals surface area contributed by atoms with Crippen molar-refractivity contribution >= 4 is 18.0 Å². The summed E-state index contributed by atoms with van der Waals surface area (Å²) < 4.78 is 17.0. The van der Waals surface area contributed by atoms with E-state index in [4.69, 9.17) is 14.2 Å². The quantitative estimate of drug-likeness (QED) is 0.351. The summed E-state index contributed by atoms with van der Waals surface area (Å²) in [6, 6.07) is 0. The predicted molar refractivity (Wildman–Crippen MR) is 143 cm³/mol. The zero-order valence-corrected chi connectivity index (χ0v) is 23.9. The highest BCUT2D eigenvalue weighted by Gasteiger charge is 2.72. The van der Waals surface area contributed by atoms with E-state index in [1.807, 2.05) is 0 Å². The monoisotopic (exact) mass is 560 g/mol. The number of esters is 2. The van der Waals surface area contributed by atoms with E-state index in [9.17, 15) is 24.6 Å². The zero-order valence-electron chi connectivity index (χ0n) is 23.9. The van der Waals surface area contributed by atoms with E-state index >= 15 is 0 Å². The fourth-order valence-electron chi connectivity index (χ4n) is 9.90. The molecule has 9 atom stereocenters. The molecule has 222 valence electrons. The average molecular weight is 561 g/mol. The lowest BCUT2D eigenvalue weighted by molar-refractivity contribution is -0.255. The van der Waals surface area contributed by atoms with Crippen LogP contribution < -0.4 is 5.32 Å². The molecule has 4 aliphatic carbocycles. The second-order valence-electron chi connectivity index (χ2n) is 13.7. The molecule has 2 heterocycles. The molecule has 1 saturated heterocycles. The van der Waals surface area contributed by atoms with Gasteiger partial charge in [-0.3, -0.25) is 4.79 Å². The van der Waals surface area contributed by atoms with Crippen molar-refractivity contribution in [2.75, 3.05) is 32.8 Å². The molecular weight excluding hydrogens is 516 g/mol. The fourth-order valence-corrected chi connectivity index (χ4v) is 9.90. The molecule has 1 amide bonds. The summed E-state index contributed by atoms with van der Waals surface area (Å²) in [5.74, 6) is -1.11. The number of cyclic esters (lactones) is 1. The molecule has 6 aliphatic rings. The van der Waals surface area contributed by atoms with Gasteiger partial charge in [-0.1, -0.05) is 13.8 Å². The van der Waals surface area contributed by atoms with Crippen molar-refractivity contribution in [2.45, 2.75) is 95.5 Å². The van der Waals surface area contributed by atoms with Crippen molar-refractivity contribution in [3.8, 4) is 0 Å². The van der Waals surface area contributed by atoms with Crippen LogP contribution in [0.3, 0.4) is 0 Å². The lowest BCUT2D eigenvalue weighted by Gasteiger charge is -2.66. The minimum atomic E-state index is -1.12. The summed E-state index contributed by atoms with van der Waals surface area (Å²) in [4.78, 5) is 38.6. The summed E-state index contributed by atoms with van der Waals surface area (Å²) in [5.41, 5.74) is -2.37. The first-order valence-electron chi connectivity index (χ1n) is 15.1. The molecule has 0 aromatic carbocycles. The Morgan fingerprint density at radius 3 is 2.38 bits per heavy atom. The maximum atomic E-state index is 12.8. The van der Waals surface area contributed by atoms with Gasteiger partial charge in [-0.05, 0) is 61.3 Å². The number of hydrogen-bond acceptors (Lipinski definition) is 9. The minimum absolute atomic E-state index is 0.0707. The summed E-state index contributed by atoms with van der Waals surface area (Å²) in [5, 5.41) is 28.1. The average Bonchev–Trinajstić information content (AvgIpc) is 3.41. The van der Waals surface area contributed by atoms with Gasteiger partial charge in [0.15, 0.2) is 0 Å². The predicted octanol–water partition coefficient (Wildman–Crippen LogP) is 2.31. The van der Waals surface area contributed by atoms with Crippen LogP contribution in [0.5, 0.6) is 0 Å². The summed E-state index contributed by atoms with van der Waals surface area (Å²) >= 11 is 0. The first-order chi connectivity index (χ1) is 18.9. The van der Waals surface area contributed by atoms with E-state index in [1.165, 1.54) is 13.0 Å². The molecule has 3 N–H and O–H groups in total. The Morgan fingerprint density at radius 2 is 1.70 bits per heavy atom. The van der Waals surface area contributed by atoms with Crippen LogP contribution in [0.25, 0.3) is 0 Å². The molecule has 0 radical (unpaired) electrons. The number of nitrogens with one attached hydrogen (secondary N) is 1. The standard InChI is InChI=1S/C30H44N2O8/c1-18(33)39-23-16-30(37)22-6-9-29(36)15-20(40-26(35)32-12-10-31-11-13-32)4-7-27(29,2)21(22)5-8-28(30,3)25(23)19-14-24(34)38-17-19/h14,20-23,25,31,36-37H,4-13,15-17H2,1-3H3/t20-,21-,22+,23-,25-,27+,28+,29-,30-/m0/s1. The zero-order chi connectivity index (χ0) is 28.5. The maximum absolute atomic E-state index is 12.8. The van der Waals surface area contributed by atoms with E-state index in [1.54, 1.807) is 4.90 Å². The number of aliphatic hydroxyl groups is 2. The van der Waals surface area contributed by atoms with Crippen LogP contribution >= 0.6 is 0 Å². The van der Waals surface area contributed by atoms with E-state index < -0.39 is 40.1 Å². The highest BCUT2D eigenvalue weighted by Crippen LogP contribution is 2.71. The molecule has 4 saturated carbocycles. The molecule has 0 spiro atoms. The molecular formula is C30H44N2O8. The Kier molecular flexibility index (Phi) is 6.78. The summed E-state index contributed by atoms with van der Waals surface area (Å²) in [6.45, 7) is 8.55. The van der Waals surface area contributed by atoms with Crippen molar-refractivity contribution in [1.29, 1.82) is 0 Å². The fraction of sp³-hybridized carbons (Fsp3) is 0.833. The number of piperazine rings is 1. The third-order valence-electron chi connectivity index (χ3n) is 12.0. The number of fused-ring (bicyclic) bond motifs is 5. The van der Waals surface area contributed by atoms with Crippen LogP contribution in [0.4, 0.5) is 4.79 Å². The molecule has 0 aromatic rings. The van der Waals surface area contributed by atoms with Crippen LogP contribution in [0.2, 0.25) is 0 Å². The normalized spacial score (nSPS) is 46.4. The first-order valence-corrected chi connectivity index (χ1v) is 15.1. The lowest BCUT2D eigenvalue weighted by atomic mass is 9.42. The van der Waals surface area contributed by atoms with Gasteiger partial charge in [0.05, 0.1) is 11.2 Å². The first kappa shape index (κ1) is 28.0. The van der Waals surface area contributed by atoms with Crippen molar-refractivity contribution in [1.82, 2.24) is 10.2 Å². The number of hydrogen-bond donors (Lipinski definition) is 3. The number of ether oxygens (including phenoxy) is 3.